The van der Waals surface area contributed by atoms with Gasteiger partial charge in [0.15, 0.2) is 0 Å². The lowest BCUT2D eigenvalue weighted by Crippen LogP contribution is -2.37. The molecule has 0 bridgehead atoms. The third kappa shape index (κ3) is 3.78. The van der Waals surface area contributed by atoms with Crippen molar-refractivity contribution in [2.75, 3.05) is 36.5 Å². The summed E-state index contributed by atoms with van der Waals surface area (Å²) in [6.07, 6.45) is 0. The highest BCUT2D eigenvalue weighted by Crippen LogP contribution is 2.26. The Morgan fingerprint density at radius 2 is 2.00 bits per heavy atom. The van der Waals surface area contributed by atoms with Gasteiger partial charge in [-0.3, -0.25) is 0 Å². The van der Waals surface area contributed by atoms with E-state index in [1.807, 2.05) is 41.8 Å². The lowest BCUT2D eigenvalue weighted by molar-refractivity contribution is 0.123. The molecular formula is C16H19N3O2S. The zero-order chi connectivity index (χ0) is 15.2. The smallest absolute Gasteiger partial charge is 0.319 e. The second-order valence-electron chi connectivity index (χ2n) is 5.00. The summed E-state index contributed by atoms with van der Waals surface area (Å²) >= 11 is 1.63. The Morgan fingerprint density at radius 3 is 2.77 bits per heavy atom. The molecule has 1 aromatic heterocycles. The molecule has 1 aliphatic rings. The van der Waals surface area contributed by atoms with Crippen molar-refractivity contribution in [3.05, 3.63) is 46.7 Å². The Labute approximate surface area is 133 Å². The minimum absolute atomic E-state index is 0.186. The first kappa shape index (κ1) is 14.9. The van der Waals surface area contributed by atoms with E-state index in [9.17, 15) is 4.79 Å². The molecule has 1 aromatic carbocycles. The first-order valence-corrected chi connectivity index (χ1v) is 8.20. The molecule has 2 aromatic rings. The van der Waals surface area contributed by atoms with E-state index in [4.69, 9.17) is 4.74 Å². The monoisotopic (exact) mass is 317 g/mol. The van der Waals surface area contributed by atoms with Gasteiger partial charge in [-0.25, -0.2) is 4.79 Å². The summed E-state index contributed by atoms with van der Waals surface area (Å²) in [6, 6.07) is 11.7. The van der Waals surface area contributed by atoms with Crippen LogP contribution in [0.25, 0.3) is 0 Å². The van der Waals surface area contributed by atoms with Crippen molar-refractivity contribution >= 4 is 28.7 Å². The summed E-state index contributed by atoms with van der Waals surface area (Å²) in [7, 11) is 0. The van der Waals surface area contributed by atoms with E-state index in [-0.39, 0.29) is 6.03 Å². The van der Waals surface area contributed by atoms with E-state index in [0.717, 1.165) is 42.6 Å². The van der Waals surface area contributed by atoms with Gasteiger partial charge in [0.2, 0.25) is 0 Å². The first-order chi connectivity index (χ1) is 10.8. The molecule has 1 aliphatic heterocycles. The Bertz CT molecular complexity index is 610. The number of hydrogen-bond donors (Lipinski definition) is 2. The average Bonchev–Trinajstić information content (AvgIpc) is 3.08. The van der Waals surface area contributed by atoms with Crippen LogP contribution < -0.4 is 15.5 Å². The van der Waals surface area contributed by atoms with Gasteiger partial charge in [0.1, 0.15) is 0 Å². The maximum Gasteiger partial charge on any atom is 0.319 e. The summed E-state index contributed by atoms with van der Waals surface area (Å²) in [5.74, 6) is 0. The normalized spacial score (nSPS) is 14.6. The minimum atomic E-state index is -0.186. The maximum absolute atomic E-state index is 12.1. The van der Waals surface area contributed by atoms with Crippen LogP contribution >= 0.6 is 11.3 Å². The third-order valence-corrected chi connectivity index (χ3v) is 4.38. The summed E-state index contributed by atoms with van der Waals surface area (Å²) in [4.78, 5) is 15.5. The number of morpholine rings is 1. The second kappa shape index (κ2) is 7.29. The molecule has 2 heterocycles. The first-order valence-electron chi connectivity index (χ1n) is 7.32. The third-order valence-electron chi connectivity index (χ3n) is 3.51. The number of carbonyl (C=O) groups excluding carboxylic acids is 1. The van der Waals surface area contributed by atoms with E-state index in [1.54, 1.807) is 11.3 Å². The van der Waals surface area contributed by atoms with Crippen molar-refractivity contribution in [3.8, 4) is 0 Å². The van der Waals surface area contributed by atoms with Gasteiger partial charge >= 0.3 is 6.03 Å². The highest BCUT2D eigenvalue weighted by molar-refractivity contribution is 7.09. The summed E-state index contributed by atoms with van der Waals surface area (Å²) < 4.78 is 5.38. The van der Waals surface area contributed by atoms with Gasteiger partial charge in [0.05, 0.1) is 31.1 Å². The molecule has 0 saturated carbocycles. The lowest BCUT2D eigenvalue weighted by Gasteiger charge is -2.30. The lowest BCUT2D eigenvalue weighted by atomic mass is 10.2. The van der Waals surface area contributed by atoms with Gasteiger partial charge in [-0.15, -0.1) is 11.3 Å². The van der Waals surface area contributed by atoms with E-state index in [1.165, 1.54) is 0 Å². The standard InChI is InChI=1S/C16H19N3O2S/c20-16(17-12-13-4-3-11-22-13)18-14-5-1-2-6-15(14)19-7-9-21-10-8-19/h1-6,11H,7-10,12H2,(H2,17,18,20). The van der Waals surface area contributed by atoms with E-state index < -0.39 is 0 Å². The van der Waals surface area contributed by atoms with Crippen LogP contribution in [0.5, 0.6) is 0 Å². The molecule has 0 spiro atoms. The number of nitrogens with one attached hydrogen (secondary N) is 2. The number of amides is 2. The topological polar surface area (TPSA) is 53.6 Å². The number of hydrogen-bond acceptors (Lipinski definition) is 4. The molecule has 1 saturated heterocycles. The zero-order valence-corrected chi connectivity index (χ0v) is 13.1. The molecule has 0 atom stereocenters. The van der Waals surface area contributed by atoms with Crippen LogP contribution in [0.3, 0.4) is 0 Å². The Kier molecular flexibility index (Phi) is 4.92. The fourth-order valence-corrected chi connectivity index (χ4v) is 3.05. The predicted molar refractivity (Wildman–Crippen MR) is 89.7 cm³/mol. The number of benzene rings is 1. The molecular weight excluding hydrogens is 298 g/mol. The quantitative estimate of drug-likeness (QED) is 0.911. The number of para-hydroxylation sites is 2. The molecule has 2 amide bonds. The van der Waals surface area contributed by atoms with Crippen LogP contribution in [-0.4, -0.2) is 32.3 Å². The number of rotatable bonds is 4. The zero-order valence-electron chi connectivity index (χ0n) is 12.2. The van der Waals surface area contributed by atoms with Gasteiger partial charge < -0.3 is 20.3 Å². The van der Waals surface area contributed by atoms with Gasteiger partial charge in [-0.05, 0) is 23.6 Å². The predicted octanol–water partition coefficient (Wildman–Crippen LogP) is 2.91. The molecule has 3 rings (SSSR count). The van der Waals surface area contributed by atoms with Crippen LogP contribution in [0.2, 0.25) is 0 Å². The van der Waals surface area contributed by atoms with E-state index in [0.29, 0.717) is 6.54 Å². The van der Waals surface area contributed by atoms with Crippen LogP contribution in [-0.2, 0) is 11.3 Å². The number of nitrogens with zero attached hydrogens (tertiary/aromatic N) is 1. The average molecular weight is 317 g/mol. The van der Waals surface area contributed by atoms with Gasteiger partial charge in [0, 0.05) is 18.0 Å². The number of ether oxygens (including phenoxy) is 1. The van der Waals surface area contributed by atoms with Crippen LogP contribution in [0.4, 0.5) is 16.2 Å². The minimum Gasteiger partial charge on any atom is -0.378 e. The Hall–Kier alpha value is -2.05. The van der Waals surface area contributed by atoms with Crippen LogP contribution in [0.15, 0.2) is 41.8 Å². The van der Waals surface area contributed by atoms with Crippen molar-refractivity contribution in [1.29, 1.82) is 0 Å². The molecule has 22 heavy (non-hydrogen) atoms. The van der Waals surface area contributed by atoms with Crippen LogP contribution in [0, 0.1) is 0 Å². The summed E-state index contributed by atoms with van der Waals surface area (Å²) in [5, 5.41) is 7.83. The maximum atomic E-state index is 12.1. The Morgan fingerprint density at radius 1 is 1.18 bits per heavy atom. The van der Waals surface area contributed by atoms with Crippen molar-refractivity contribution in [1.82, 2.24) is 5.32 Å². The number of carbonyl (C=O) groups is 1. The molecule has 6 heteroatoms. The molecule has 1 fully saturated rings. The summed E-state index contributed by atoms with van der Waals surface area (Å²) in [6.45, 7) is 3.67. The van der Waals surface area contributed by atoms with Gasteiger partial charge in [-0.1, -0.05) is 18.2 Å². The van der Waals surface area contributed by atoms with Crippen molar-refractivity contribution in [2.45, 2.75) is 6.54 Å². The SMILES string of the molecule is O=C(NCc1cccs1)Nc1ccccc1N1CCOCC1. The number of urea groups is 1. The van der Waals surface area contributed by atoms with Gasteiger partial charge in [0.25, 0.3) is 0 Å². The molecule has 0 unspecified atom stereocenters. The molecule has 0 aliphatic carbocycles. The van der Waals surface area contributed by atoms with Crippen molar-refractivity contribution < 1.29 is 9.53 Å². The fourth-order valence-electron chi connectivity index (χ4n) is 2.41. The molecule has 116 valence electrons. The number of thiophene rings is 1. The van der Waals surface area contributed by atoms with E-state index >= 15 is 0 Å². The van der Waals surface area contributed by atoms with E-state index in [2.05, 4.69) is 15.5 Å². The Balaban J connectivity index is 1.62. The van der Waals surface area contributed by atoms with Crippen LogP contribution in [0.1, 0.15) is 4.88 Å². The molecule has 0 radical (unpaired) electrons. The van der Waals surface area contributed by atoms with Crippen molar-refractivity contribution in [3.63, 3.8) is 0 Å². The highest BCUT2D eigenvalue weighted by atomic mass is 32.1. The molecule has 5 nitrogen and oxygen atoms in total. The number of anilines is 2. The molecule has 2 N–H and O–H groups in total. The summed E-state index contributed by atoms with van der Waals surface area (Å²) in [5.41, 5.74) is 1.87. The van der Waals surface area contributed by atoms with Gasteiger partial charge in [-0.2, -0.15) is 0 Å². The fraction of sp³-hybridized carbons (Fsp3) is 0.312. The van der Waals surface area contributed by atoms with Crippen molar-refractivity contribution in [2.24, 2.45) is 0 Å². The largest absolute Gasteiger partial charge is 0.378 e. The highest BCUT2D eigenvalue weighted by Gasteiger charge is 2.15. The second-order valence-corrected chi connectivity index (χ2v) is 6.04.